The first-order valence-corrected chi connectivity index (χ1v) is 11.3. The highest BCUT2D eigenvalue weighted by Crippen LogP contribution is 2.29. The number of hydrogen-bond acceptors (Lipinski definition) is 8. The lowest BCUT2D eigenvalue weighted by Gasteiger charge is -2.17. The molecule has 0 spiro atoms. The zero-order valence-corrected chi connectivity index (χ0v) is 19.5. The smallest absolute Gasteiger partial charge is 0.255 e. The Kier molecular flexibility index (Phi) is 6.30. The zero-order valence-electron chi connectivity index (χ0n) is 19.5. The molecular formula is C26H24N6O3. The SMILES string of the molecule is COc1ccc(Oc2cc(C)nc([C@@H]3CCN(C(=O)c4ccc(-c5cncnc5)nc4)C3)n2)cc1. The van der Waals surface area contributed by atoms with Crippen LogP contribution in [0.4, 0.5) is 0 Å². The monoisotopic (exact) mass is 468 g/mol. The standard InChI is InChI=1S/C26H24N6O3/c1-17-11-24(35-22-6-4-21(34-2)5-7-22)31-25(30-17)19-9-10-32(15-19)26(33)18-3-8-23(29-14-18)20-12-27-16-28-13-20/h3-8,11-14,16,19H,9-10,15H2,1-2H3/t19-/m1/s1. The van der Waals surface area contributed by atoms with Gasteiger partial charge in [0.2, 0.25) is 5.88 Å². The lowest BCUT2D eigenvalue weighted by atomic mass is 10.1. The lowest BCUT2D eigenvalue weighted by molar-refractivity contribution is 0.0790. The molecule has 4 heterocycles. The third-order valence-electron chi connectivity index (χ3n) is 5.84. The Morgan fingerprint density at radius 2 is 1.77 bits per heavy atom. The fourth-order valence-electron chi connectivity index (χ4n) is 4.02. The normalized spacial score (nSPS) is 15.1. The van der Waals surface area contributed by atoms with Crippen LogP contribution in [0.1, 0.15) is 34.2 Å². The van der Waals surface area contributed by atoms with Gasteiger partial charge in [0.15, 0.2) is 0 Å². The van der Waals surface area contributed by atoms with Crippen molar-refractivity contribution in [1.82, 2.24) is 29.8 Å². The molecule has 1 amide bonds. The number of pyridine rings is 1. The quantitative estimate of drug-likeness (QED) is 0.417. The summed E-state index contributed by atoms with van der Waals surface area (Å²) in [6, 6.07) is 12.7. The van der Waals surface area contributed by atoms with Gasteiger partial charge in [0.25, 0.3) is 5.91 Å². The molecule has 3 aromatic heterocycles. The Morgan fingerprint density at radius 1 is 1.00 bits per heavy atom. The molecule has 1 saturated heterocycles. The van der Waals surface area contributed by atoms with Crippen LogP contribution in [0.2, 0.25) is 0 Å². The van der Waals surface area contributed by atoms with Gasteiger partial charge in [-0.3, -0.25) is 9.78 Å². The fourth-order valence-corrected chi connectivity index (χ4v) is 4.02. The number of hydrogen-bond donors (Lipinski definition) is 0. The molecule has 35 heavy (non-hydrogen) atoms. The van der Waals surface area contributed by atoms with E-state index in [1.54, 1.807) is 37.8 Å². The third-order valence-corrected chi connectivity index (χ3v) is 5.84. The van der Waals surface area contributed by atoms with Crippen LogP contribution in [0.3, 0.4) is 0 Å². The van der Waals surface area contributed by atoms with Crippen LogP contribution in [0, 0.1) is 6.92 Å². The summed E-state index contributed by atoms with van der Waals surface area (Å²) in [5.41, 5.74) is 2.88. The first kappa shape index (κ1) is 22.4. The minimum atomic E-state index is -0.0572. The lowest BCUT2D eigenvalue weighted by Crippen LogP contribution is -2.28. The molecule has 4 aromatic rings. The number of nitrogens with zero attached hydrogens (tertiary/aromatic N) is 6. The van der Waals surface area contributed by atoms with Crippen LogP contribution in [0.5, 0.6) is 17.4 Å². The minimum absolute atomic E-state index is 0.0331. The molecule has 1 aliphatic heterocycles. The van der Waals surface area contributed by atoms with E-state index < -0.39 is 0 Å². The number of ether oxygens (including phenoxy) is 2. The molecule has 9 nitrogen and oxygen atoms in total. The molecule has 0 unspecified atom stereocenters. The Balaban J connectivity index is 1.27. The number of carbonyl (C=O) groups excluding carboxylic acids is 1. The van der Waals surface area contributed by atoms with Crippen molar-refractivity contribution in [3.63, 3.8) is 0 Å². The van der Waals surface area contributed by atoms with E-state index in [0.717, 1.165) is 29.1 Å². The number of aromatic nitrogens is 5. The van der Waals surface area contributed by atoms with Crippen LogP contribution in [0.25, 0.3) is 11.3 Å². The van der Waals surface area contributed by atoms with Crippen molar-refractivity contribution in [2.24, 2.45) is 0 Å². The number of rotatable bonds is 6. The van der Waals surface area contributed by atoms with Crippen molar-refractivity contribution in [2.45, 2.75) is 19.3 Å². The second-order valence-electron chi connectivity index (χ2n) is 8.28. The predicted octanol–water partition coefficient (Wildman–Crippen LogP) is 4.07. The number of likely N-dealkylation sites (tertiary alicyclic amines) is 1. The van der Waals surface area contributed by atoms with Crippen LogP contribution in [-0.2, 0) is 0 Å². The van der Waals surface area contributed by atoms with Crippen LogP contribution in [0.15, 0.2) is 67.4 Å². The van der Waals surface area contributed by atoms with Crippen molar-refractivity contribution >= 4 is 5.91 Å². The van der Waals surface area contributed by atoms with Crippen molar-refractivity contribution in [3.05, 3.63) is 84.5 Å². The van der Waals surface area contributed by atoms with Gasteiger partial charge in [-0.15, -0.1) is 0 Å². The molecule has 1 atom stereocenters. The molecule has 0 saturated carbocycles. The topological polar surface area (TPSA) is 103 Å². The van der Waals surface area contributed by atoms with Crippen LogP contribution in [-0.4, -0.2) is 55.9 Å². The van der Waals surface area contributed by atoms with Crippen molar-refractivity contribution in [2.75, 3.05) is 20.2 Å². The molecule has 1 aliphatic rings. The summed E-state index contributed by atoms with van der Waals surface area (Å²) >= 11 is 0. The first-order valence-electron chi connectivity index (χ1n) is 11.3. The molecule has 1 aromatic carbocycles. The minimum Gasteiger partial charge on any atom is -0.497 e. The van der Waals surface area contributed by atoms with E-state index >= 15 is 0 Å². The van der Waals surface area contributed by atoms with E-state index in [4.69, 9.17) is 9.47 Å². The van der Waals surface area contributed by atoms with Crippen molar-refractivity contribution < 1.29 is 14.3 Å². The summed E-state index contributed by atoms with van der Waals surface area (Å²) in [5, 5.41) is 0. The molecule has 176 valence electrons. The fraction of sp³-hybridized carbons (Fsp3) is 0.231. The van der Waals surface area contributed by atoms with Gasteiger partial charge in [0, 0.05) is 54.9 Å². The van der Waals surface area contributed by atoms with Crippen LogP contribution < -0.4 is 9.47 Å². The molecule has 1 fully saturated rings. The van der Waals surface area contributed by atoms with Gasteiger partial charge >= 0.3 is 0 Å². The number of carbonyl (C=O) groups is 1. The van der Waals surface area contributed by atoms with Gasteiger partial charge < -0.3 is 14.4 Å². The van der Waals surface area contributed by atoms with E-state index in [-0.39, 0.29) is 11.8 Å². The third kappa shape index (κ3) is 5.08. The van der Waals surface area contributed by atoms with E-state index in [9.17, 15) is 4.79 Å². The summed E-state index contributed by atoms with van der Waals surface area (Å²) in [6.45, 7) is 3.08. The highest BCUT2D eigenvalue weighted by Gasteiger charge is 2.30. The van der Waals surface area contributed by atoms with E-state index in [2.05, 4.69) is 24.9 Å². The molecule has 0 aliphatic carbocycles. The molecule has 0 bridgehead atoms. The second kappa shape index (κ2) is 9.84. The molecule has 5 rings (SSSR count). The molecule has 9 heteroatoms. The van der Waals surface area contributed by atoms with Gasteiger partial charge in [-0.05, 0) is 49.7 Å². The summed E-state index contributed by atoms with van der Waals surface area (Å²) < 4.78 is 11.1. The average molecular weight is 469 g/mol. The molecule has 0 radical (unpaired) electrons. The van der Waals surface area contributed by atoms with Gasteiger partial charge in [0.05, 0.1) is 18.4 Å². The maximum atomic E-state index is 13.1. The van der Waals surface area contributed by atoms with Gasteiger partial charge in [-0.2, -0.15) is 4.98 Å². The summed E-state index contributed by atoms with van der Waals surface area (Å²) in [4.78, 5) is 36.6. The predicted molar refractivity (Wildman–Crippen MR) is 128 cm³/mol. The van der Waals surface area contributed by atoms with Crippen molar-refractivity contribution in [1.29, 1.82) is 0 Å². The van der Waals surface area contributed by atoms with E-state index in [1.807, 2.05) is 42.2 Å². The highest BCUT2D eigenvalue weighted by atomic mass is 16.5. The second-order valence-corrected chi connectivity index (χ2v) is 8.28. The van der Waals surface area contributed by atoms with Crippen molar-refractivity contribution in [3.8, 4) is 28.6 Å². The summed E-state index contributed by atoms with van der Waals surface area (Å²) in [6.07, 6.45) is 7.23. The maximum absolute atomic E-state index is 13.1. The molecule has 0 N–H and O–H groups in total. The Bertz CT molecular complexity index is 1310. The molecular weight excluding hydrogens is 444 g/mol. The van der Waals surface area contributed by atoms with Gasteiger partial charge in [-0.1, -0.05) is 0 Å². The number of benzene rings is 1. The van der Waals surface area contributed by atoms with E-state index in [1.165, 1.54) is 6.33 Å². The number of aryl methyl sites for hydroxylation is 1. The maximum Gasteiger partial charge on any atom is 0.255 e. The Hall–Kier alpha value is -4.40. The van der Waals surface area contributed by atoms with Crippen LogP contribution >= 0.6 is 0 Å². The largest absolute Gasteiger partial charge is 0.497 e. The van der Waals surface area contributed by atoms with E-state index in [0.29, 0.717) is 36.1 Å². The zero-order chi connectivity index (χ0) is 24.2. The first-order chi connectivity index (χ1) is 17.1. The average Bonchev–Trinajstić information content (AvgIpc) is 3.40. The summed E-state index contributed by atoms with van der Waals surface area (Å²) in [7, 11) is 1.62. The number of methoxy groups -OCH3 is 1. The highest BCUT2D eigenvalue weighted by molar-refractivity contribution is 5.94. The summed E-state index contributed by atoms with van der Waals surface area (Å²) in [5.74, 6) is 2.56. The Labute approximate surface area is 202 Å². The van der Waals surface area contributed by atoms with Gasteiger partial charge in [-0.25, -0.2) is 15.0 Å². The Morgan fingerprint density at radius 3 is 2.49 bits per heavy atom. The number of amides is 1. The van der Waals surface area contributed by atoms with Gasteiger partial charge in [0.1, 0.15) is 23.7 Å².